The van der Waals surface area contributed by atoms with Crippen molar-refractivity contribution in [2.45, 2.75) is 13.5 Å². The Labute approximate surface area is 164 Å². The van der Waals surface area contributed by atoms with E-state index >= 15 is 0 Å². The monoisotopic (exact) mass is 387 g/mol. The molecule has 0 radical (unpaired) electrons. The third kappa shape index (κ3) is 3.81. The van der Waals surface area contributed by atoms with Crippen molar-refractivity contribution in [3.63, 3.8) is 0 Å². The van der Waals surface area contributed by atoms with Gasteiger partial charge in [-0.15, -0.1) is 0 Å². The molecule has 0 saturated heterocycles. The van der Waals surface area contributed by atoms with Gasteiger partial charge in [0.2, 0.25) is 5.95 Å². The van der Waals surface area contributed by atoms with Gasteiger partial charge in [0.15, 0.2) is 0 Å². The van der Waals surface area contributed by atoms with Crippen LogP contribution >= 0.6 is 0 Å². The molecular formula is C21H17N5O3. The first-order valence-electron chi connectivity index (χ1n) is 8.93. The molecule has 8 heteroatoms. The molecule has 0 atom stereocenters. The van der Waals surface area contributed by atoms with E-state index in [1.807, 2.05) is 30.3 Å². The average molecular weight is 387 g/mol. The molecule has 3 aromatic heterocycles. The normalized spacial score (nSPS) is 10.8. The van der Waals surface area contributed by atoms with Crippen LogP contribution in [-0.4, -0.2) is 25.4 Å². The summed E-state index contributed by atoms with van der Waals surface area (Å²) in [5.74, 6) is -0.670. The van der Waals surface area contributed by atoms with E-state index in [0.717, 1.165) is 5.56 Å². The van der Waals surface area contributed by atoms with E-state index < -0.39 is 17.0 Å². The average Bonchev–Trinajstić information content (AvgIpc) is 2.70. The lowest BCUT2D eigenvalue weighted by atomic mass is 10.1. The number of rotatable bonds is 4. The van der Waals surface area contributed by atoms with Crippen LogP contribution in [0.2, 0.25) is 0 Å². The lowest BCUT2D eigenvalue weighted by Gasteiger charge is -2.12. The largest absolute Gasteiger partial charge is 0.292 e. The number of carbonyl (C=O) groups excluding carboxylic acids is 1. The minimum absolute atomic E-state index is 0.0136. The van der Waals surface area contributed by atoms with Crippen molar-refractivity contribution in [1.29, 1.82) is 0 Å². The van der Waals surface area contributed by atoms with Gasteiger partial charge in [0.05, 0.1) is 6.54 Å². The number of pyridine rings is 2. The zero-order valence-corrected chi connectivity index (χ0v) is 15.5. The molecule has 0 aliphatic rings. The first-order chi connectivity index (χ1) is 14.0. The van der Waals surface area contributed by atoms with Gasteiger partial charge in [-0.25, -0.2) is 9.97 Å². The number of fused-ring (bicyclic) bond motifs is 1. The molecular weight excluding hydrogens is 370 g/mol. The molecule has 144 valence electrons. The number of nitrogens with zero attached hydrogens (tertiary/aromatic N) is 3. The highest BCUT2D eigenvalue weighted by atomic mass is 16.2. The summed E-state index contributed by atoms with van der Waals surface area (Å²) in [6.07, 6.45) is 1.60. The molecule has 1 amide bonds. The Kier molecular flexibility index (Phi) is 4.74. The molecule has 0 aliphatic heterocycles. The number of aryl methyl sites for hydroxylation is 1. The standard InChI is InChI=1S/C21H17N5O3/c1-13-10-17(27)24-21(23-13)25-19(28)16-11-15-8-5-9-22-18(15)26(20(16)29)12-14-6-3-2-4-7-14/h2-11H,12H2,1H3,(H2,23,24,25,27,28). The number of H-pyrrole nitrogens is 1. The van der Waals surface area contributed by atoms with E-state index in [2.05, 4.69) is 20.3 Å². The van der Waals surface area contributed by atoms with Crippen LogP contribution in [0.15, 0.2) is 70.4 Å². The maximum atomic E-state index is 13.1. The number of carbonyl (C=O) groups is 1. The fourth-order valence-electron chi connectivity index (χ4n) is 3.09. The Hall–Kier alpha value is -4.07. The second-order valence-electron chi connectivity index (χ2n) is 6.54. The summed E-state index contributed by atoms with van der Waals surface area (Å²) in [7, 11) is 0. The second-order valence-corrected chi connectivity index (χ2v) is 6.54. The van der Waals surface area contributed by atoms with Gasteiger partial charge in [-0.05, 0) is 30.7 Å². The van der Waals surface area contributed by atoms with E-state index in [1.165, 1.54) is 16.7 Å². The fourth-order valence-corrected chi connectivity index (χ4v) is 3.09. The number of anilines is 1. The van der Waals surface area contributed by atoms with Crippen LogP contribution in [0.1, 0.15) is 21.6 Å². The molecule has 0 aliphatic carbocycles. The summed E-state index contributed by atoms with van der Waals surface area (Å²) in [6.45, 7) is 1.91. The zero-order valence-electron chi connectivity index (χ0n) is 15.5. The van der Waals surface area contributed by atoms with Gasteiger partial charge in [-0.1, -0.05) is 30.3 Å². The van der Waals surface area contributed by atoms with E-state index in [-0.39, 0.29) is 18.1 Å². The molecule has 0 fully saturated rings. The Morgan fingerprint density at radius 3 is 2.66 bits per heavy atom. The van der Waals surface area contributed by atoms with Crippen LogP contribution in [-0.2, 0) is 6.54 Å². The lowest BCUT2D eigenvalue weighted by Crippen LogP contribution is -2.31. The number of hydrogen-bond acceptors (Lipinski definition) is 5. The summed E-state index contributed by atoms with van der Waals surface area (Å²) >= 11 is 0. The summed E-state index contributed by atoms with van der Waals surface area (Å²) in [5, 5.41) is 3.15. The molecule has 8 nitrogen and oxygen atoms in total. The quantitative estimate of drug-likeness (QED) is 0.557. The molecule has 2 N–H and O–H groups in total. The highest BCUT2D eigenvalue weighted by Gasteiger charge is 2.17. The smallest absolute Gasteiger partial charge is 0.265 e. The van der Waals surface area contributed by atoms with Gasteiger partial charge < -0.3 is 0 Å². The number of aromatic amines is 1. The van der Waals surface area contributed by atoms with Gasteiger partial charge >= 0.3 is 0 Å². The van der Waals surface area contributed by atoms with Crippen LogP contribution in [0, 0.1) is 6.92 Å². The van der Waals surface area contributed by atoms with Gasteiger partial charge in [0, 0.05) is 23.3 Å². The third-order valence-corrected chi connectivity index (χ3v) is 4.38. The number of nitrogens with one attached hydrogen (secondary N) is 2. The van der Waals surface area contributed by atoms with Crippen molar-refractivity contribution >= 4 is 22.9 Å². The highest BCUT2D eigenvalue weighted by Crippen LogP contribution is 2.13. The topological polar surface area (TPSA) is 110 Å². The molecule has 4 aromatic rings. The summed E-state index contributed by atoms with van der Waals surface area (Å²) in [5.41, 5.74) is 0.909. The first-order valence-corrected chi connectivity index (χ1v) is 8.93. The molecule has 29 heavy (non-hydrogen) atoms. The number of aromatic nitrogens is 4. The maximum absolute atomic E-state index is 13.1. The van der Waals surface area contributed by atoms with Crippen LogP contribution in [0.5, 0.6) is 0 Å². The van der Waals surface area contributed by atoms with Crippen molar-refractivity contribution in [2.24, 2.45) is 0 Å². The van der Waals surface area contributed by atoms with Crippen molar-refractivity contribution in [3.8, 4) is 0 Å². The number of benzene rings is 1. The molecule has 3 heterocycles. The minimum atomic E-state index is -0.656. The first kappa shape index (κ1) is 18.3. The fraction of sp³-hybridized carbons (Fsp3) is 0.0952. The maximum Gasteiger partial charge on any atom is 0.265 e. The molecule has 0 saturated carbocycles. The predicted molar refractivity (Wildman–Crippen MR) is 109 cm³/mol. The van der Waals surface area contributed by atoms with Gasteiger partial charge in [0.25, 0.3) is 17.0 Å². The van der Waals surface area contributed by atoms with Gasteiger partial charge in [-0.3, -0.25) is 29.3 Å². The summed E-state index contributed by atoms with van der Waals surface area (Å²) in [4.78, 5) is 48.4. The van der Waals surface area contributed by atoms with Crippen LogP contribution in [0.25, 0.3) is 11.0 Å². The predicted octanol–water partition coefficient (Wildman–Crippen LogP) is 2.09. The van der Waals surface area contributed by atoms with Crippen LogP contribution in [0.4, 0.5) is 5.95 Å². The van der Waals surface area contributed by atoms with E-state index in [9.17, 15) is 14.4 Å². The second kappa shape index (κ2) is 7.51. The van der Waals surface area contributed by atoms with Crippen molar-refractivity contribution in [1.82, 2.24) is 19.5 Å². The van der Waals surface area contributed by atoms with Crippen molar-refractivity contribution in [2.75, 3.05) is 5.32 Å². The molecule has 0 bridgehead atoms. The summed E-state index contributed by atoms with van der Waals surface area (Å²) < 4.78 is 1.46. The molecule has 0 spiro atoms. The molecule has 1 aromatic carbocycles. The minimum Gasteiger partial charge on any atom is -0.292 e. The van der Waals surface area contributed by atoms with Crippen molar-refractivity contribution in [3.05, 3.63) is 98.3 Å². The Morgan fingerprint density at radius 1 is 1.10 bits per heavy atom. The highest BCUT2D eigenvalue weighted by molar-refractivity contribution is 6.04. The van der Waals surface area contributed by atoms with Gasteiger partial charge in [-0.2, -0.15) is 0 Å². The Bertz CT molecular complexity index is 1330. The SMILES string of the molecule is Cc1cc(=O)[nH]c(NC(=O)c2cc3cccnc3n(Cc3ccccc3)c2=O)n1. The van der Waals surface area contributed by atoms with Gasteiger partial charge in [0.1, 0.15) is 11.2 Å². The van der Waals surface area contributed by atoms with Crippen LogP contribution in [0.3, 0.4) is 0 Å². The number of amides is 1. The van der Waals surface area contributed by atoms with Crippen LogP contribution < -0.4 is 16.4 Å². The van der Waals surface area contributed by atoms with Crippen molar-refractivity contribution < 1.29 is 4.79 Å². The Morgan fingerprint density at radius 2 is 1.90 bits per heavy atom. The summed E-state index contributed by atoms with van der Waals surface area (Å²) in [6, 6.07) is 15.8. The lowest BCUT2D eigenvalue weighted by molar-refractivity contribution is 0.102. The molecule has 4 rings (SSSR count). The van der Waals surface area contributed by atoms with E-state index in [0.29, 0.717) is 16.7 Å². The number of hydrogen-bond donors (Lipinski definition) is 2. The molecule has 0 unspecified atom stereocenters. The zero-order chi connectivity index (χ0) is 20.4. The third-order valence-electron chi connectivity index (χ3n) is 4.38. The van der Waals surface area contributed by atoms with E-state index in [4.69, 9.17) is 0 Å². The Balaban J connectivity index is 1.80. The van der Waals surface area contributed by atoms with E-state index in [1.54, 1.807) is 25.3 Å².